The van der Waals surface area contributed by atoms with Gasteiger partial charge >= 0.3 is 0 Å². The monoisotopic (exact) mass is 392 g/mol. The Labute approximate surface area is 169 Å². The van der Waals surface area contributed by atoms with E-state index in [0.29, 0.717) is 30.6 Å². The molecule has 0 spiro atoms. The molecular formula is C21H24N6O2. The number of nitrogens with zero attached hydrogens (tertiary/aromatic N) is 4. The second-order valence-corrected chi connectivity index (χ2v) is 7.24. The van der Waals surface area contributed by atoms with Crippen LogP contribution in [-0.4, -0.2) is 44.7 Å². The molecule has 1 unspecified atom stereocenters. The van der Waals surface area contributed by atoms with Crippen molar-refractivity contribution in [1.82, 2.24) is 24.8 Å². The van der Waals surface area contributed by atoms with Gasteiger partial charge in [-0.2, -0.15) is 4.98 Å². The normalized spacial score (nSPS) is 16.0. The van der Waals surface area contributed by atoms with E-state index in [2.05, 4.69) is 25.6 Å². The van der Waals surface area contributed by atoms with E-state index in [-0.39, 0.29) is 11.9 Å². The zero-order valence-corrected chi connectivity index (χ0v) is 16.6. The number of ether oxygens (including phenoxy) is 1. The third kappa shape index (κ3) is 4.60. The predicted octanol–water partition coefficient (Wildman–Crippen LogP) is 2.41. The molecule has 4 rings (SSSR count). The van der Waals surface area contributed by atoms with E-state index in [1.807, 2.05) is 38.1 Å². The number of rotatable bonds is 6. The molecule has 1 aromatic carbocycles. The molecule has 2 aromatic heterocycles. The standard InChI is InChI=1S/C21H24N6O2/c1-14-4-3-5-16(8-14)10-22-20(28)18-11-27(13-24-18)19-15(2)9-23-21(26-19)25-17-6-7-29-12-17/h3-5,8-9,11,13,17H,6-7,10,12H2,1-2H3,(H,22,28)(H,23,25,26). The highest BCUT2D eigenvalue weighted by Gasteiger charge is 2.17. The molecule has 0 bridgehead atoms. The number of carbonyl (C=O) groups is 1. The molecular weight excluding hydrogens is 368 g/mol. The number of aryl methyl sites for hydroxylation is 2. The summed E-state index contributed by atoms with van der Waals surface area (Å²) in [7, 11) is 0. The van der Waals surface area contributed by atoms with Crippen LogP contribution in [0, 0.1) is 13.8 Å². The van der Waals surface area contributed by atoms with Crippen LogP contribution in [0.3, 0.4) is 0 Å². The molecule has 8 heteroatoms. The maximum absolute atomic E-state index is 12.5. The number of imidazole rings is 1. The summed E-state index contributed by atoms with van der Waals surface area (Å²) in [6, 6.07) is 8.26. The van der Waals surface area contributed by atoms with Crippen molar-refractivity contribution >= 4 is 11.9 Å². The Hall–Kier alpha value is -3.26. The lowest BCUT2D eigenvalue weighted by Crippen LogP contribution is -2.23. The first kappa shape index (κ1) is 19.1. The van der Waals surface area contributed by atoms with Crippen molar-refractivity contribution < 1.29 is 9.53 Å². The van der Waals surface area contributed by atoms with E-state index in [9.17, 15) is 4.79 Å². The molecule has 29 heavy (non-hydrogen) atoms. The zero-order valence-electron chi connectivity index (χ0n) is 16.6. The molecule has 3 aromatic rings. The van der Waals surface area contributed by atoms with E-state index in [0.717, 1.165) is 29.7 Å². The molecule has 2 N–H and O–H groups in total. The molecule has 3 heterocycles. The van der Waals surface area contributed by atoms with Gasteiger partial charge in [0.2, 0.25) is 5.95 Å². The molecule has 1 atom stereocenters. The highest BCUT2D eigenvalue weighted by molar-refractivity contribution is 5.92. The maximum atomic E-state index is 12.5. The Morgan fingerprint density at radius 3 is 3.00 bits per heavy atom. The smallest absolute Gasteiger partial charge is 0.271 e. The van der Waals surface area contributed by atoms with Gasteiger partial charge < -0.3 is 15.4 Å². The van der Waals surface area contributed by atoms with Gasteiger partial charge in [0.1, 0.15) is 17.8 Å². The number of benzene rings is 1. The lowest BCUT2D eigenvalue weighted by Gasteiger charge is -2.12. The lowest BCUT2D eigenvalue weighted by atomic mass is 10.1. The Kier molecular flexibility index (Phi) is 5.53. The minimum absolute atomic E-state index is 0.219. The molecule has 1 fully saturated rings. The van der Waals surface area contributed by atoms with Crippen LogP contribution in [0.5, 0.6) is 0 Å². The van der Waals surface area contributed by atoms with Gasteiger partial charge in [0.15, 0.2) is 0 Å². The van der Waals surface area contributed by atoms with Crippen LogP contribution in [0.1, 0.15) is 33.6 Å². The number of amides is 1. The second-order valence-electron chi connectivity index (χ2n) is 7.24. The molecule has 1 saturated heterocycles. The summed E-state index contributed by atoms with van der Waals surface area (Å²) in [4.78, 5) is 25.7. The van der Waals surface area contributed by atoms with Crippen molar-refractivity contribution in [2.24, 2.45) is 0 Å². The fourth-order valence-corrected chi connectivity index (χ4v) is 3.25. The quantitative estimate of drug-likeness (QED) is 0.669. The Balaban J connectivity index is 1.45. The number of hydrogen-bond acceptors (Lipinski definition) is 6. The van der Waals surface area contributed by atoms with Crippen molar-refractivity contribution in [2.45, 2.75) is 32.9 Å². The molecule has 1 aliphatic heterocycles. The number of anilines is 1. The van der Waals surface area contributed by atoms with Crippen molar-refractivity contribution in [3.05, 3.63) is 65.4 Å². The van der Waals surface area contributed by atoms with Gasteiger partial charge in [-0.15, -0.1) is 0 Å². The zero-order chi connectivity index (χ0) is 20.2. The number of hydrogen-bond donors (Lipinski definition) is 2. The first-order valence-electron chi connectivity index (χ1n) is 9.64. The lowest BCUT2D eigenvalue weighted by molar-refractivity contribution is 0.0946. The van der Waals surface area contributed by atoms with Crippen LogP contribution in [0.15, 0.2) is 43.0 Å². The first-order valence-corrected chi connectivity index (χ1v) is 9.64. The summed E-state index contributed by atoms with van der Waals surface area (Å²) < 4.78 is 7.13. The fourth-order valence-electron chi connectivity index (χ4n) is 3.25. The largest absolute Gasteiger partial charge is 0.379 e. The number of nitrogens with one attached hydrogen (secondary N) is 2. The van der Waals surface area contributed by atoms with Crippen LogP contribution in [0.4, 0.5) is 5.95 Å². The number of carbonyl (C=O) groups excluding carboxylic acids is 1. The van der Waals surface area contributed by atoms with Crippen molar-refractivity contribution in [3.8, 4) is 5.82 Å². The minimum atomic E-state index is -0.224. The molecule has 0 aliphatic carbocycles. The third-order valence-electron chi connectivity index (χ3n) is 4.80. The van der Waals surface area contributed by atoms with E-state index in [1.165, 1.54) is 0 Å². The van der Waals surface area contributed by atoms with E-state index in [1.54, 1.807) is 23.3 Å². The highest BCUT2D eigenvalue weighted by atomic mass is 16.5. The summed E-state index contributed by atoms with van der Waals surface area (Å²) >= 11 is 0. The first-order chi connectivity index (χ1) is 14.1. The Bertz CT molecular complexity index is 1010. The van der Waals surface area contributed by atoms with Crippen LogP contribution in [0.2, 0.25) is 0 Å². The van der Waals surface area contributed by atoms with E-state index >= 15 is 0 Å². The van der Waals surface area contributed by atoms with Gasteiger partial charge in [0.25, 0.3) is 5.91 Å². The van der Waals surface area contributed by atoms with Crippen molar-refractivity contribution in [2.75, 3.05) is 18.5 Å². The van der Waals surface area contributed by atoms with Gasteiger partial charge in [-0.1, -0.05) is 29.8 Å². The second kappa shape index (κ2) is 8.40. The summed E-state index contributed by atoms with van der Waals surface area (Å²) in [5.74, 6) is 1.00. The summed E-state index contributed by atoms with van der Waals surface area (Å²) in [6.07, 6.45) is 5.98. The van der Waals surface area contributed by atoms with Gasteiger partial charge in [-0.05, 0) is 25.8 Å². The predicted molar refractivity (Wildman–Crippen MR) is 109 cm³/mol. The third-order valence-corrected chi connectivity index (χ3v) is 4.80. The van der Waals surface area contributed by atoms with E-state index in [4.69, 9.17) is 4.74 Å². The van der Waals surface area contributed by atoms with Crippen LogP contribution >= 0.6 is 0 Å². The Morgan fingerprint density at radius 2 is 2.21 bits per heavy atom. The maximum Gasteiger partial charge on any atom is 0.271 e. The van der Waals surface area contributed by atoms with E-state index < -0.39 is 0 Å². The Morgan fingerprint density at radius 1 is 1.31 bits per heavy atom. The topological polar surface area (TPSA) is 94.0 Å². The van der Waals surface area contributed by atoms with Gasteiger partial charge in [0.05, 0.1) is 12.6 Å². The minimum Gasteiger partial charge on any atom is -0.379 e. The van der Waals surface area contributed by atoms with Gasteiger partial charge in [-0.25, -0.2) is 9.97 Å². The molecule has 1 amide bonds. The fraction of sp³-hybridized carbons (Fsp3) is 0.333. The SMILES string of the molecule is Cc1cccc(CNC(=O)c2cn(-c3nc(NC4CCOC4)ncc3C)cn2)c1. The van der Waals surface area contributed by atoms with Gasteiger partial charge in [0, 0.05) is 31.1 Å². The van der Waals surface area contributed by atoms with Crippen LogP contribution in [0.25, 0.3) is 5.82 Å². The van der Waals surface area contributed by atoms with Crippen molar-refractivity contribution in [3.63, 3.8) is 0 Å². The van der Waals surface area contributed by atoms with Crippen LogP contribution < -0.4 is 10.6 Å². The summed E-state index contributed by atoms with van der Waals surface area (Å²) in [6.45, 7) is 5.81. The van der Waals surface area contributed by atoms with Crippen LogP contribution in [-0.2, 0) is 11.3 Å². The molecule has 0 saturated carbocycles. The molecule has 0 radical (unpaired) electrons. The average molecular weight is 392 g/mol. The molecule has 1 aliphatic rings. The average Bonchev–Trinajstić information content (AvgIpc) is 3.40. The molecule has 8 nitrogen and oxygen atoms in total. The van der Waals surface area contributed by atoms with Crippen molar-refractivity contribution in [1.29, 1.82) is 0 Å². The van der Waals surface area contributed by atoms with Gasteiger partial charge in [-0.3, -0.25) is 9.36 Å². The summed E-state index contributed by atoms with van der Waals surface area (Å²) in [5, 5.41) is 6.20. The molecule has 150 valence electrons. The summed E-state index contributed by atoms with van der Waals surface area (Å²) in [5.41, 5.74) is 3.45. The number of aromatic nitrogens is 4. The highest BCUT2D eigenvalue weighted by Crippen LogP contribution is 2.16.